The molecule has 9 aromatic carbocycles. The van der Waals surface area contributed by atoms with Gasteiger partial charge in [0, 0.05) is 33.0 Å². The highest BCUT2D eigenvalue weighted by Crippen LogP contribution is 2.62. The molecule has 0 atom stereocenters. The molecule has 1 aliphatic carbocycles. The number of hydrogen-bond donors (Lipinski definition) is 0. The molecule has 300 valence electrons. The first kappa shape index (κ1) is 36.1. The van der Waals surface area contributed by atoms with Gasteiger partial charge in [-0.15, -0.1) is 0 Å². The van der Waals surface area contributed by atoms with Crippen molar-refractivity contribution in [2.75, 3.05) is 0 Å². The third kappa shape index (κ3) is 5.56. The van der Waals surface area contributed by atoms with Gasteiger partial charge in [0.15, 0.2) is 40.5 Å². The van der Waals surface area contributed by atoms with Gasteiger partial charge in [-0.2, -0.15) is 0 Å². The van der Waals surface area contributed by atoms with Crippen molar-refractivity contribution in [3.8, 4) is 79.4 Å². The fourth-order valence-electron chi connectivity index (χ4n) is 9.80. The van der Waals surface area contributed by atoms with Crippen LogP contribution in [0.4, 0.5) is 0 Å². The zero-order chi connectivity index (χ0) is 42.2. The van der Waals surface area contributed by atoms with Crippen LogP contribution in [0, 0.1) is 0 Å². The summed E-state index contributed by atoms with van der Waals surface area (Å²) in [6.45, 7) is 0. The summed E-state index contributed by atoms with van der Waals surface area (Å²) in [5.41, 5.74) is 12.6. The lowest BCUT2D eigenvalue weighted by Gasteiger charge is -2.34. The van der Waals surface area contributed by atoms with Gasteiger partial charge >= 0.3 is 0 Å². The highest BCUT2D eigenvalue weighted by atomic mass is 16.6. The second kappa shape index (κ2) is 14.2. The van der Waals surface area contributed by atoms with Crippen molar-refractivity contribution in [1.29, 1.82) is 0 Å². The summed E-state index contributed by atoms with van der Waals surface area (Å²) in [5.74, 6) is 4.42. The van der Waals surface area contributed by atoms with Gasteiger partial charge in [0.25, 0.3) is 0 Å². The Hall–Kier alpha value is -8.61. The van der Waals surface area contributed by atoms with E-state index >= 15 is 0 Å². The van der Waals surface area contributed by atoms with Crippen molar-refractivity contribution < 1.29 is 13.9 Å². The molecular weight excluding hydrogens is 787 g/mol. The van der Waals surface area contributed by atoms with E-state index < -0.39 is 5.41 Å². The minimum absolute atomic E-state index is 0.551. The maximum atomic E-state index is 7.03. The molecule has 6 nitrogen and oxygen atoms in total. The van der Waals surface area contributed by atoms with Gasteiger partial charge in [0.2, 0.25) is 0 Å². The van der Waals surface area contributed by atoms with Crippen LogP contribution < -0.4 is 9.47 Å². The minimum Gasteiger partial charge on any atom is -0.456 e. The van der Waals surface area contributed by atoms with Gasteiger partial charge in [-0.05, 0) is 81.4 Å². The Bertz CT molecular complexity index is 3580. The van der Waals surface area contributed by atoms with Crippen LogP contribution in [-0.4, -0.2) is 15.0 Å². The number of benzene rings is 9. The molecule has 6 heteroatoms. The van der Waals surface area contributed by atoms with Crippen LogP contribution in [-0.2, 0) is 5.41 Å². The fraction of sp³-hybridized carbons (Fsp3) is 0.0172. The van der Waals surface area contributed by atoms with Crippen LogP contribution in [0.1, 0.15) is 22.3 Å². The van der Waals surface area contributed by atoms with E-state index in [0.717, 1.165) is 66.4 Å². The van der Waals surface area contributed by atoms with Gasteiger partial charge in [-0.1, -0.05) is 170 Å². The second-order valence-corrected chi connectivity index (χ2v) is 16.3. The third-order valence-corrected chi connectivity index (χ3v) is 12.7. The molecule has 0 fully saturated rings. The van der Waals surface area contributed by atoms with Gasteiger partial charge < -0.3 is 13.9 Å². The van der Waals surface area contributed by atoms with Crippen molar-refractivity contribution in [2.24, 2.45) is 0 Å². The Morgan fingerprint density at radius 1 is 0.344 bits per heavy atom. The maximum Gasteiger partial charge on any atom is 0.178 e. The number of fused-ring (bicyclic) bond motifs is 9. The average Bonchev–Trinajstić information content (AvgIpc) is 3.90. The number of para-hydroxylation sites is 1. The number of aromatic nitrogens is 3. The summed E-state index contributed by atoms with van der Waals surface area (Å²) in [5, 5.41) is 2.13. The standard InChI is InChI=1S/C58H35N3O3/c1-4-15-36(16-5-1)55-59-56(61-57(60-55)40-27-29-44-43-23-11-13-26-48(43)62-51(44)35-40)39-18-14-17-37(33-39)38-28-31-49-52(34-38)64-54-50(63-49)32-30-47-53(54)45-24-10-12-25-46(45)58(47,41-19-6-2-7-20-41)42-21-8-3-9-22-42/h1-35H. The van der Waals surface area contributed by atoms with Crippen molar-refractivity contribution >= 4 is 21.9 Å². The van der Waals surface area contributed by atoms with E-state index in [-0.39, 0.29) is 0 Å². The topological polar surface area (TPSA) is 70.3 Å². The van der Waals surface area contributed by atoms with Crippen LogP contribution in [0.2, 0.25) is 0 Å². The molecular formula is C58H35N3O3. The zero-order valence-corrected chi connectivity index (χ0v) is 34.3. The molecule has 0 saturated heterocycles. The van der Waals surface area contributed by atoms with E-state index in [4.69, 9.17) is 28.8 Å². The molecule has 1 aliphatic heterocycles. The lowest BCUT2D eigenvalue weighted by Crippen LogP contribution is -2.28. The van der Waals surface area contributed by atoms with Crippen LogP contribution in [0.15, 0.2) is 217 Å². The molecule has 2 aromatic heterocycles. The van der Waals surface area contributed by atoms with Gasteiger partial charge in [-0.25, -0.2) is 15.0 Å². The quantitative estimate of drug-likeness (QED) is 0.166. The summed E-state index contributed by atoms with van der Waals surface area (Å²) in [4.78, 5) is 15.1. The smallest absolute Gasteiger partial charge is 0.178 e. The van der Waals surface area contributed by atoms with Crippen LogP contribution in [0.25, 0.3) is 78.4 Å². The van der Waals surface area contributed by atoms with E-state index in [1.54, 1.807) is 0 Å². The average molecular weight is 822 g/mol. The summed E-state index contributed by atoms with van der Waals surface area (Å²) >= 11 is 0. The van der Waals surface area contributed by atoms with Crippen molar-refractivity contribution in [3.05, 3.63) is 235 Å². The first-order valence-electron chi connectivity index (χ1n) is 21.4. The lowest BCUT2D eigenvalue weighted by molar-refractivity contribution is 0.360. The normalized spacial score (nSPS) is 13.1. The summed E-state index contributed by atoms with van der Waals surface area (Å²) < 4.78 is 20.0. The monoisotopic (exact) mass is 821 g/mol. The molecule has 0 radical (unpaired) electrons. The number of hydrogen-bond acceptors (Lipinski definition) is 6. The SMILES string of the molecule is c1ccc(-c2nc(-c3cccc(-c4ccc5c(c4)Oc4c(ccc6c4-c4ccccc4C6(c4ccccc4)c4ccccc4)O5)c3)nc(-c3ccc4c(c3)oc3ccccc34)n2)cc1. The van der Waals surface area contributed by atoms with Gasteiger partial charge in [0.1, 0.15) is 11.2 Å². The largest absolute Gasteiger partial charge is 0.456 e. The number of furan rings is 1. The highest BCUT2D eigenvalue weighted by Gasteiger charge is 2.48. The van der Waals surface area contributed by atoms with E-state index in [1.165, 1.54) is 16.7 Å². The fourth-order valence-corrected chi connectivity index (χ4v) is 9.80. The third-order valence-electron chi connectivity index (χ3n) is 12.7. The van der Waals surface area contributed by atoms with Crippen molar-refractivity contribution in [1.82, 2.24) is 15.0 Å². The number of rotatable bonds is 6. The lowest BCUT2D eigenvalue weighted by atomic mass is 9.68. The molecule has 64 heavy (non-hydrogen) atoms. The van der Waals surface area contributed by atoms with Crippen LogP contribution >= 0.6 is 0 Å². The predicted octanol–water partition coefficient (Wildman–Crippen LogP) is 14.7. The van der Waals surface area contributed by atoms with E-state index in [0.29, 0.717) is 40.5 Å². The highest BCUT2D eigenvalue weighted by molar-refractivity contribution is 6.05. The molecule has 13 rings (SSSR count). The van der Waals surface area contributed by atoms with E-state index in [1.807, 2.05) is 72.8 Å². The second-order valence-electron chi connectivity index (χ2n) is 16.3. The van der Waals surface area contributed by atoms with Crippen molar-refractivity contribution in [3.63, 3.8) is 0 Å². The Kier molecular flexibility index (Phi) is 8.02. The zero-order valence-electron chi connectivity index (χ0n) is 34.3. The predicted molar refractivity (Wildman–Crippen MR) is 253 cm³/mol. The Morgan fingerprint density at radius 2 is 0.922 bits per heavy atom. The molecule has 0 amide bonds. The van der Waals surface area contributed by atoms with Crippen LogP contribution in [0.3, 0.4) is 0 Å². The summed E-state index contributed by atoms with van der Waals surface area (Å²) in [7, 11) is 0. The minimum atomic E-state index is -0.551. The maximum absolute atomic E-state index is 7.03. The Balaban J connectivity index is 0.903. The molecule has 0 bridgehead atoms. The molecule has 3 heterocycles. The van der Waals surface area contributed by atoms with Gasteiger partial charge in [0.05, 0.1) is 5.41 Å². The first-order valence-corrected chi connectivity index (χ1v) is 21.4. The molecule has 2 aliphatic rings. The Labute approximate surface area is 368 Å². The molecule has 0 saturated carbocycles. The first-order chi connectivity index (χ1) is 31.7. The van der Waals surface area contributed by atoms with Gasteiger partial charge in [-0.3, -0.25) is 0 Å². The number of nitrogens with zero attached hydrogens (tertiary/aromatic N) is 3. The molecule has 11 aromatic rings. The van der Waals surface area contributed by atoms with Crippen LogP contribution in [0.5, 0.6) is 23.0 Å². The molecule has 0 unspecified atom stereocenters. The Morgan fingerprint density at radius 3 is 1.70 bits per heavy atom. The molecule has 0 N–H and O–H groups in total. The van der Waals surface area contributed by atoms with Crippen molar-refractivity contribution in [2.45, 2.75) is 5.41 Å². The van der Waals surface area contributed by atoms with E-state index in [9.17, 15) is 0 Å². The number of ether oxygens (including phenoxy) is 2. The summed E-state index contributed by atoms with van der Waals surface area (Å²) in [6.07, 6.45) is 0. The molecule has 0 spiro atoms. The van der Waals surface area contributed by atoms with E-state index in [2.05, 4.69) is 140 Å². The summed E-state index contributed by atoms with van der Waals surface area (Å²) in [6, 6.07) is 73.2.